The topological polar surface area (TPSA) is 49.4 Å². The number of hydrogen-bond acceptors (Lipinski definition) is 2. The highest BCUT2D eigenvalue weighted by Gasteiger charge is 2.39. The minimum atomic E-state index is -0.512. The minimum Gasteiger partial charge on any atom is -0.341 e. The van der Waals surface area contributed by atoms with Gasteiger partial charge >= 0.3 is 11.8 Å². The lowest BCUT2D eigenvalue weighted by Crippen LogP contribution is -2.43. The Morgan fingerprint density at radius 3 is 2.36 bits per heavy atom. The molecule has 3 atom stereocenters. The number of benzene rings is 1. The summed E-state index contributed by atoms with van der Waals surface area (Å²) in [6.07, 6.45) is 3.64. The molecule has 3 rings (SSSR count). The molecule has 1 N–H and O–H groups in total. The molecule has 1 heterocycles. The van der Waals surface area contributed by atoms with Crippen molar-refractivity contribution in [1.82, 2.24) is 10.2 Å². The van der Waals surface area contributed by atoms with Gasteiger partial charge in [-0.1, -0.05) is 30.2 Å². The third kappa shape index (κ3) is 3.12. The van der Waals surface area contributed by atoms with Crippen LogP contribution in [0.3, 0.4) is 0 Å². The zero-order valence-corrected chi connectivity index (χ0v) is 13.5. The Morgan fingerprint density at radius 1 is 1.18 bits per heavy atom. The van der Waals surface area contributed by atoms with Crippen LogP contribution in [0.4, 0.5) is 0 Å². The Morgan fingerprint density at radius 2 is 1.77 bits per heavy atom. The van der Waals surface area contributed by atoms with Gasteiger partial charge in [-0.2, -0.15) is 0 Å². The SMILES string of the molecule is C[C@H](NC(=O)C(=O)N1C[C@H]2CCC[C@H]2C1)c1ccc(Cl)cc1. The Hall–Kier alpha value is -1.55. The van der Waals surface area contributed by atoms with Crippen LogP contribution in [-0.4, -0.2) is 29.8 Å². The molecular weight excluding hydrogens is 300 g/mol. The molecule has 1 saturated heterocycles. The van der Waals surface area contributed by atoms with Crippen molar-refractivity contribution < 1.29 is 9.59 Å². The smallest absolute Gasteiger partial charge is 0.311 e. The second kappa shape index (κ2) is 6.29. The number of fused-ring (bicyclic) bond motifs is 1. The zero-order chi connectivity index (χ0) is 15.7. The monoisotopic (exact) mass is 320 g/mol. The summed E-state index contributed by atoms with van der Waals surface area (Å²) in [4.78, 5) is 26.2. The normalized spacial score (nSPS) is 24.9. The summed E-state index contributed by atoms with van der Waals surface area (Å²) in [5, 5.41) is 3.44. The molecule has 0 spiro atoms. The quantitative estimate of drug-likeness (QED) is 0.852. The van der Waals surface area contributed by atoms with Crippen molar-refractivity contribution in [2.45, 2.75) is 32.2 Å². The molecule has 1 aromatic carbocycles. The highest BCUT2D eigenvalue weighted by Crippen LogP contribution is 2.37. The van der Waals surface area contributed by atoms with E-state index in [2.05, 4.69) is 5.32 Å². The van der Waals surface area contributed by atoms with Crippen LogP contribution in [0.5, 0.6) is 0 Å². The summed E-state index contributed by atoms with van der Waals surface area (Å²) in [5.41, 5.74) is 0.934. The summed E-state index contributed by atoms with van der Waals surface area (Å²) in [6.45, 7) is 3.35. The molecular formula is C17H21ClN2O2. The van der Waals surface area contributed by atoms with Crippen LogP contribution in [0.15, 0.2) is 24.3 Å². The minimum absolute atomic E-state index is 0.212. The highest BCUT2D eigenvalue weighted by molar-refractivity contribution is 6.35. The first-order chi connectivity index (χ1) is 10.5. The molecule has 0 aromatic heterocycles. The third-order valence-electron chi connectivity index (χ3n) is 4.93. The Balaban J connectivity index is 1.57. The van der Waals surface area contributed by atoms with Gasteiger partial charge in [0, 0.05) is 18.1 Å². The maximum atomic E-state index is 12.3. The first-order valence-electron chi connectivity index (χ1n) is 7.90. The summed E-state index contributed by atoms with van der Waals surface area (Å²) < 4.78 is 0. The predicted molar refractivity (Wildman–Crippen MR) is 85.4 cm³/mol. The number of hydrogen-bond donors (Lipinski definition) is 1. The van der Waals surface area contributed by atoms with Crippen LogP contribution in [0.25, 0.3) is 0 Å². The van der Waals surface area contributed by atoms with Gasteiger partial charge in [-0.15, -0.1) is 0 Å². The largest absolute Gasteiger partial charge is 0.341 e. The van der Waals surface area contributed by atoms with E-state index in [0.717, 1.165) is 18.7 Å². The van der Waals surface area contributed by atoms with Crippen LogP contribution in [0.1, 0.15) is 37.8 Å². The van der Waals surface area contributed by atoms with Crippen LogP contribution < -0.4 is 5.32 Å². The van der Waals surface area contributed by atoms with Crippen LogP contribution in [0.2, 0.25) is 5.02 Å². The van der Waals surface area contributed by atoms with E-state index in [-0.39, 0.29) is 6.04 Å². The van der Waals surface area contributed by atoms with Gasteiger partial charge in [0.2, 0.25) is 0 Å². The Kier molecular flexibility index (Phi) is 4.39. The second-order valence-corrected chi connectivity index (χ2v) is 6.84. The number of carbonyl (C=O) groups excluding carboxylic acids is 2. The molecule has 2 amide bonds. The van der Waals surface area contributed by atoms with Gasteiger partial charge in [0.25, 0.3) is 0 Å². The van der Waals surface area contributed by atoms with E-state index in [4.69, 9.17) is 11.6 Å². The van der Waals surface area contributed by atoms with E-state index in [1.165, 1.54) is 19.3 Å². The molecule has 4 nitrogen and oxygen atoms in total. The summed E-state index contributed by atoms with van der Waals surface area (Å²) >= 11 is 5.86. The van der Waals surface area contributed by atoms with Crippen molar-refractivity contribution in [3.05, 3.63) is 34.9 Å². The van der Waals surface area contributed by atoms with Crippen molar-refractivity contribution in [2.24, 2.45) is 11.8 Å². The number of nitrogens with one attached hydrogen (secondary N) is 1. The van der Waals surface area contributed by atoms with Gasteiger partial charge in [0.15, 0.2) is 0 Å². The number of likely N-dealkylation sites (tertiary alicyclic amines) is 1. The Labute approximate surface area is 135 Å². The lowest BCUT2D eigenvalue weighted by molar-refractivity contribution is -0.145. The molecule has 0 radical (unpaired) electrons. The van der Waals surface area contributed by atoms with Gasteiger partial charge in [0.1, 0.15) is 0 Å². The number of halogens is 1. The molecule has 0 bridgehead atoms. The van der Waals surface area contributed by atoms with Gasteiger partial charge in [0.05, 0.1) is 6.04 Å². The average molecular weight is 321 g/mol. The Bertz CT molecular complexity index is 561. The number of amides is 2. The molecule has 118 valence electrons. The second-order valence-electron chi connectivity index (χ2n) is 6.41. The van der Waals surface area contributed by atoms with Crippen molar-refractivity contribution in [3.8, 4) is 0 Å². The molecule has 0 unspecified atom stereocenters. The summed E-state index contributed by atoms with van der Waals surface area (Å²) in [6, 6.07) is 7.07. The fraction of sp³-hybridized carbons (Fsp3) is 0.529. The van der Waals surface area contributed by atoms with Crippen molar-refractivity contribution in [1.29, 1.82) is 0 Å². The van der Waals surface area contributed by atoms with E-state index in [1.54, 1.807) is 17.0 Å². The molecule has 1 saturated carbocycles. The maximum Gasteiger partial charge on any atom is 0.311 e. The molecule has 2 aliphatic rings. The molecule has 1 aliphatic heterocycles. The molecule has 1 aromatic rings. The molecule has 22 heavy (non-hydrogen) atoms. The van der Waals surface area contributed by atoms with E-state index in [9.17, 15) is 9.59 Å². The summed E-state index contributed by atoms with van der Waals surface area (Å²) in [7, 11) is 0. The molecule has 5 heteroatoms. The van der Waals surface area contributed by atoms with Gasteiger partial charge < -0.3 is 10.2 Å². The first-order valence-corrected chi connectivity index (χ1v) is 8.27. The number of rotatable bonds is 2. The van der Waals surface area contributed by atoms with Crippen LogP contribution in [-0.2, 0) is 9.59 Å². The molecule has 1 aliphatic carbocycles. The van der Waals surface area contributed by atoms with Gasteiger partial charge in [-0.05, 0) is 49.3 Å². The van der Waals surface area contributed by atoms with E-state index in [0.29, 0.717) is 16.9 Å². The van der Waals surface area contributed by atoms with Crippen molar-refractivity contribution in [2.75, 3.05) is 13.1 Å². The maximum absolute atomic E-state index is 12.3. The van der Waals surface area contributed by atoms with E-state index < -0.39 is 11.8 Å². The van der Waals surface area contributed by atoms with Crippen LogP contribution >= 0.6 is 11.6 Å². The van der Waals surface area contributed by atoms with Crippen LogP contribution in [0, 0.1) is 11.8 Å². The first kappa shape index (κ1) is 15.3. The van der Waals surface area contributed by atoms with E-state index in [1.807, 2.05) is 19.1 Å². The fourth-order valence-electron chi connectivity index (χ4n) is 3.64. The highest BCUT2D eigenvalue weighted by atomic mass is 35.5. The fourth-order valence-corrected chi connectivity index (χ4v) is 3.76. The van der Waals surface area contributed by atoms with E-state index >= 15 is 0 Å². The summed E-state index contributed by atoms with van der Waals surface area (Å²) in [5.74, 6) is 0.300. The zero-order valence-electron chi connectivity index (χ0n) is 12.7. The molecule has 2 fully saturated rings. The van der Waals surface area contributed by atoms with Crippen molar-refractivity contribution in [3.63, 3.8) is 0 Å². The van der Waals surface area contributed by atoms with Gasteiger partial charge in [-0.3, -0.25) is 9.59 Å². The number of carbonyl (C=O) groups is 2. The standard InChI is InChI=1S/C17H21ClN2O2/c1-11(12-5-7-15(18)8-6-12)19-16(21)17(22)20-9-13-3-2-4-14(13)10-20/h5-8,11,13-14H,2-4,9-10H2,1H3,(H,19,21)/t11-,13-,14+/m0/s1. The van der Waals surface area contributed by atoms with Gasteiger partial charge in [-0.25, -0.2) is 0 Å². The number of nitrogens with zero attached hydrogens (tertiary/aromatic N) is 1. The average Bonchev–Trinajstić information content (AvgIpc) is 3.08. The van der Waals surface area contributed by atoms with Crippen molar-refractivity contribution >= 4 is 23.4 Å². The lowest BCUT2D eigenvalue weighted by Gasteiger charge is -2.19. The predicted octanol–water partition coefficient (Wildman–Crippen LogP) is 2.78. The lowest BCUT2D eigenvalue weighted by atomic mass is 10.0. The third-order valence-corrected chi connectivity index (χ3v) is 5.18.